The van der Waals surface area contributed by atoms with Gasteiger partial charge in [0, 0.05) is 29.5 Å². The molecule has 7 nitrogen and oxygen atoms in total. The minimum atomic E-state index is -1.12. The van der Waals surface area contributed by atoms with Crippen LogP contribution in [0.3, 0.4) is 0 Å². The summed E-state index contributed by atoms with van der Waals surface area (Å²) in [5.74, 6) is -1.97. The van der Waals surface area contributed by atoms with E-state index in [1.807, 2.05) is 0 Å². The Bertz CT molecular complexity index is 761. The Balaban J connectivity index is 0.000000229. The number of imide groups is 1. The lowest BCUT2D eigenvalue weighted by atomic mass is 9.89. The first-order valence-corrected chi connectivity index (χ1v) is 6.77. The van der Waals surface area contributed by atoms with Crippen LogP contribution in [0.1, 0.15) is 50.8 Å². The van der Waals surface area contributed by atoms with Crippen molar-refractivity contribution in [1.29, 1.82) is 0 Å². The van der Waals surface area contributed by atoms with Crippen LogP contribution in [0.15, 0.2) is 29.8 Å². The van der Waals surface area contributed by atoms with Gasteiger partial charge in [-0.2, -0.15) is 0 Å². The minimum Gasteiger partial charge on any atom is -0.478 e. The molecular weight excluding hydrogens is 302 g/mol. The summed E-state index contributed by atoms with van der Waals surface area (Å²) in [7, 11) is 0. The predicted molar refractivity (Wildman–Crippen MR) is 78.2 cm³/mol. The fourth-order valence-electron chi connectivity index (χ4n) is 2.14. The van der Waals surface area contributed by atoms with Crippen molar-refractivity contribution in [3.63, 3.8) is 0 Å². The molecule has 2 amide bonds. The van der Waals surface area contributed by atoms with Crippen molar-refractivity contribution >= 4 is 29.4 Å². The van der Waals surface area contributed by atoms with Crippen LogP contribution in [0.5, 0.6) is 0 Å². The molecule has 1 aliphatic carbocycles. The summed E-state index contributed by atoms with van der Waals surface area (Å²) < 4.78 is 0. The molecule has 2 N–H and O–H groups in total. The van der Waals surface area contributed by atoms with Crippen LogP contribution in [-0.4, -0.2) is 34.5 Å². The summed E-state index contributed by atoms with van der Waals surface area (Å²) in [6, 6.07) is 3.95. The molecule has 1 aromatic carbocycles. The number of hydrogen-bond acceptors (Lipinski definition) is 5. The quantitative estimate of drug-likeness (QED) is 0.750. The van der Waals surface area contributed by atoms with E-state index < -0.39 is 5.97 Å². The van der Waals surface area contributed by atoms with E-state index in [4.69, 9.17) is 5.11 Å². The van der Waals surface area contributed by atoms with Crippen LogP contribution in [0.2, 0.25) is 0 Å². The molecule has 1 saturated heterocycles. The third-order valence-corrected chi connectivity index (χ3v) is 3.34. The molecule has 0 radical (unpaired) electrons. The normalized spacial score (nSPS) is 16.1. The summed E-state index contributed by atoms with van der Waals surface area (Å²) in [6.07, 6.45) is 1.98. The van der Waals surface area contributed by atoms with Crippen molar-refractivity contribution in [3.05, 3.63) is 46.5 Å². The van der Waals surface area contributed by atoms with E-state index in [1.54, 1.807) is 6.92 Å². The zero-order chi connectivity index (χ0) is 17.1. The minimum absolute atomic E-state index is 0.00727. The monoisotopic (exact) mass is 315 g/mol. The van der Waals surface area contributed by atoms with Gasteiger partial charge in [-0.3, -0.25) is 24.5 Å². The number of carbonyl (C=O) groups excluding carboxylic acids is 4. The largest absolute Gasteiger partial charge is 0.478 e. The smallest absolute Gasteiger partial charge is 0.335 e. The number of amides is 2. The summed E-state index contributed by atoms with van der Waals surface area (Å²) in [6.45, 7) is 1.56. The Morgan fingerprint density at radius 1 is 1.04 bits per heavy atom. The van der Waals surface area contributed by atoms with Crippen LogP contribution < -0.4 is 5.32 Å². The number of carboxylic acid groups (broad SMARTS) is 1. The average molecular weight is 315 g/mol. The molecule has 23 heavy (non-hydrogen) atoms. The Hall–Kier alpha value is -3.09. The van der Waals surface area contributed by atoms with Gasteiger partial charge in [0.2, 0.25) is 11.8 Å². The van der Waals surface area contributed by atoms with Gasteiger partial charge in [-0.25, -0.2) is 4.79 Å². The van der Waals surface area contributed by atoms with E-state index >= 15 is 0 Å². The molecule has 3 rings (SSSR count). The first-order chi connectivity index (χ1) is 10.8. The third kappa shape index (κ3) is 3.57. The van der Waals surface area contributed by atoms with Gasteiger partial charge < -0.3 is 5.11 Å². The van der Waals surface area contributed by atoms with Crippen LogP contribution in [0.25, 0.3) is 0 Å². The molecule has 0 unspecified atom stereocenters. The number of Topliss-reactive ketones (excluding diaryl/α,β-unsaturated/α-hetero) is 1. The Morgan fingerprint density at radius 2 is 1.65 bits per heavy atom. The number of ketones is 2. The highest BCUT2D eigenvalue weighted by atomic mass is 16.4. The van der Waals surface area contributed by atoms with Crippen molar-refractivity contribution in [2.75, 3.05) is 0 Å². The number of benzene rings is 1. The van der Waals surface area contributed by atoms with Gasteiger partial charge >= 0.3 is 5.97 Å². The molecule has 1 heterocycles. The van der Waals surface area contributed by atoms with Crippen molar-refractivity contribution in [1.82, 2.24) is 5.32 Å². The number of carbonyl (C=O) groups is 5. The predicted octanol–water partition coefficient (Wildman–Crippen LogP) is 1.13. The highest BCUT2D eigenvalue weighted by Crippen LogP contribution is 2.22. The zero-order valence-electron chi connectivity index (χ0n) is 12.2. The number of allylic oxidation sites excluding steroid dienone is 2. The van der Waals surface area contributed by atoms with Crippen molar-refractivity contribution in [3.8, 4) is 0 Å². The van der Waals surface area contributed by atoms with E-state index in [0.717, 1.165) is 0 Å². The van der Waals surface area contributed by atoms with Crippen molar-refractivity contribution in [2.45, 2.75) is 19.8 Å². The van der Waals surface area contributed by atoms with Crippen LogP contribution in [-0.2, 0) is 9.59 Å². The Kier molecular flexibility index (Phi) is 4.49. The third-order valence-electron chi connectivity index (χ3n) is 3.34. The fraction of sp³-hybridized carbons (Fsp3) is 0.188. The molecule has 1 aliphatic heterocycles. The first kappa shape index (κ1) is 16.3. The number of fused-ring (bicyclic) bond motifs is 1. The van der Waals surface area contributed by atoms with Gasteiger partial charge in [-0.1, -0.05) is 0 Å². The van der Waals surface area contributed by atoms with Gasteiger partial charge in [-0.05, 0) is 31.2 Å². The maximum absolute atomic E-state index is 11.7. The maximum Gasteiger partial charge on any atom is 0.335 e. The highest BCUT2D eigenvalue weighted by Gasteiger charge is 2.24. The first-order valence-electron chi connectivity index (χ1n) is 6.77. The number of aromatic carboxylic acids is 1. The van der Waals surface area contributed by atoms with E-state index in [-0.39, 0.29) is 40.1 Å². The molecule has 1 aromatic rings. The summed E-state index contributed by atoms with van der Waals surface area (Å²) in [5, 5.41) is 10.9. The van der Waals surface area contributed by atoms with Crippen LogP contribution >= 0.6 is 0 Å². The summed E-state index contributed by atoms with van der Waals surface area (Å²) in [4.78, 5) is 54.2. The summed E-state index contributed by atoms with van der Waals surface area (Å²) >= 11 is 0. The van der Waals surface area contributed by atoms with Gasteiger partial charge in [0.25, 0.3) is 0 Å². The lowest BCUT2D eigenvalue weighted by Gasteiger charge is -2.12. The molecule has 0 saturated carbocycles. The number of hydrogen-bond donors (Lipinski definition) is 2. The van der Waals surface area contributed by atoms with Crippen LogP contribution in [0, 0.1) is 0 Å². The van der Waals surface area contributed by atoms with Gasteiger partial charge in [0.05, 0.1) is 5.56 Å². The van der Waals surface area contributed by atoms with E-state index in [2.05, 4.69) is 5.32 Å². The van der Waals surface area contributed by atoms with Gasteiger partial charge in [0.15, 0.2) is 11.6 Å². The van der Waals surface area contributed by atoms with Gasteiger partial charge in [-0.15, -0.1) is 0 Å². The second-order valence-corrected chi connectivity index (χ2v) is 5.06. The number of nitrogens with one attached hydrogen (secondary N) is 1. The lowest BCUT2D eigenvalue weighted by Crippen LogP contribution is -2.18. The van der Waals surface area contributed by atoms with Gasteiger partial charge in [0.1, 0.15) is 0 Å². The molecule has 1 fully saturated rings. The summed E-state index contributed by atoms with van der Waals surface area (Å²) in [5.41, 5.74) is 0.818. The molecule has 0 aromatic heterocycles. The lowest BCUT2D eigenvalue weighted by molar-refractivity contribution is -0.124. The fourth-order valence-corrected chi connectivity index (χ4v) is 2.14. The highest BCUT2D eigenvalue weighted by molar-refractivity contribution is 6.24. The molecule has 0 atom stereocenters. The second-order valence-electron chi connectivity index (χ2n) is 5.06. The Labute approximate surface area is 131 Å². The number of carboxylic acids is 1. The number of rotatable bonds is 1. The Morgan fingerprint density at radius 3 is 2.13 bits per heavy atom. The zero-order valence-corrected chi connectivity index (χ0v) is 12.2. The molecule has 2 aliphatic rings. The molecular formula is C16H13NO6. The topological polar surface area (TPSA) is 118 Å². The van der Waals surface area contributed by atoms with Crippen molar-refractivity contribution < 1.29 is 29.1 Å². The van der Waals surface area contributed by atoms with Crippen molar-refractivity contribution in [2.24, 2.45) is 0 Å². The second kappa shape index (κ2) is 6.35. The molecule has 0 bridgehead atoms. The standard InChI is InChI=1S/C12H8O4.C4H5NO2/c1-6-4-10(13)9-5-7(12(15)16)2-3-8(9)11(6)14;6-3-1-2-4(7)5-3/h2-5H,1H3,(H,15,16);1-2H2,(H,5,6,7). The SMILES string of the molecule is CC1=CC(=O)c2cc(C(=O)O)ccc2C1=O.O=C1CCC(=O)N1. The van der Waals surface area contributed by atoms with E-state index in [9.17, 15) is 24.0 Å². The van der Waals surface area contributed by atoms with E-state index in [1.165, 1.54) is 24.3 Å². The molecule has 118 valence electrons. The van der Waals surface area contributed by atoms with Crippen LogP contribution in [0.4, 0.5) is 0 Å². The maximum atomic E-state index is 11.7. The van der Waals surface area contributed by atoms with E-state index in [0.29, 0.717) is 18.4 Å². The average Bonchev–Trinajstić information content (AvgIpc) is 2.88. The molecule has 7 heteroatoms. The molecule has 0 spiro atoms.